The number of nitrogens with one attached hydrogen (secondary N) is 1. The molecule has 0 aromatic carbocycles. The van der Waals surface area contributed by atoms with Gasteiger partial charge >= 0.3 is 0 Å². The maximum atomic E-state index is 11.9. The first-order valence-electron chi connectivity index (χ1n) is 6.41. The lowest BCUT2D eigenvalue weighted by molar-refractivity contribution is -0.126. The topological polar surface area (TPSA) is 71.5 Å². The van der Waals surface area contributed by atoms with Crippen molar-refractivity contribution in [2.45, 2.75) is 37.9 Å². The molecular formula is C13H21N3O2. The summed E-state index contributed by atoms with van der Waals surface area (Å²) in [7, 11) is 1.67. The summed E-state index contributed by atoms with van der Waals surface area (Å²) in [6, 6.07) is 3.56. The number of furan rings is 1. The zero-order valence-corrected chi connectivity index (χ0v) is 10.9. The Morgan fingerprint density at radius 1 is 1.67 bits per heavy atom. The van der Waals surface area contributed by atoms with E-state index in [9.17, 15) is 4.79 Å². The second-order valence-electron chi connectivity index (χ2n) is 4.83. The molecule has 3 N–H and O–H groups in total. The van der Waals surface area contributed by atoms with Crippen molar-refractivity contribution in [1.82, 2.24) is 10.2 Å². The number of hydrogen-bond acceptors (Lipinski definition) is 4. The molecule has 1 amide bonds. The van der Waals surface area contributed by atoms with Crippen molar-refractivity contribution in [2.75, 3.05) is 13.6 Å². The SMILES string of the molecule is CNC(=O)C1CCCN1C(c1ccco1)C(C)N. The Hall–Kier alpha value is -1.33. The standard InChI is InChI=1S/C13H21N3O2/c1-9(14)12(11-6-4-8-18-11)16-7-3-5-10(16)13(17)15-2/h4,6,8-10,12H,3,5,7,14H2,1-2H3,(H,15,17). The van der Waals surface area contributed by atoms with Gasteiger partial charge in [-0.3, -0.25) is 9.69 Å². The van der Waals surface area contributed by atoms with Crippen molar-refractivity contribution < 1.29 is 9.21 Å². The number of likely N-dealkylation sites (tertiary alicyclic amines) is 1. The molecule has 3 atom stereocenters. The van der Waals surface area contributed by atoms with Gasteiger partial charge in [-0.05, 0) is 38.4 Å². The van der Waals surface area contributed by atoms with Crippen molar-refractivity contribution >= 4 is 5.91 Å². The van der Waals surface area contributed by atoms with Crippen molar-refractivity contribution in [3.8, 4) is 0 Å². The van der Waals surface area contributed by atoms with Crippen molar-refractivity contribution in [3.63, 3.8) is 0 Å². The fraction of sp³-hybridized carbons (Fsp3) is 0.615. The number of carbonyl (C=O) groups is 1. The first-order chi connectivity index (χ1) is 8.65. The Morgan fingerprint density at radius 2 is 2.44 bits per heavy atom. The fourth-order valence-electron chi connectivity index (χ4n) is 2.75. The van der Waals surface area contributed by atoms with Gasteiger partial charge in [-0.2, -0.15) is 0 Å². The van der Waals surface area contributed by atoms with E-state index in [1.54, 1.807) is 13.3 Å². The molecule has 0 bridgehead atoms. The van der Waals surface area contributed by atoms with Crippen LogP contribution in [0.4, 0.5) is 0 Å². The van der Waals surface area contributed by atoms with Crippen LogP contribution in [0.3, 0.4) is 0 Å². The van der Waals surface area contributed by atoms with E-state index >= 15 is 0 Å². The highest BCUT2D eigenvalue weighted by atomic mass is 16.3. The van der Waals surface area contributed by atoms with Crippen LogP contribution in [0.2, 0.25) is 0 Å². The van der Waals surface area contributed by atoms with Gasteiger partial charge in [-0.15, -0.1) is 0 Å². The lowest BCUT2D eigenvalue weighted by atomic mass is 10.0. The van der Waals surface area contributed by atoms with E-state index in [0.29, 0.717) is 0 Å². The molecule has 2 heterocycles. The van der Waals surface area contributed by atoms with Crippen LogP contribution >= 0.6 is 0 Å². The monoisotopic (exact) mass is 251 g/mol. The summed E-state index contributed by atoms with van der Waals surface area (Å²) in [6.45, 7) is 2.83. The van der Waals surface area contributed by atoms with E-state index in [2.05, 4.69) is 10.2 Å². The molecular weight excluding hydrogens is 230 g/mol. The predicted octanol–water partition coefficient (Wildman–Crippen LogP) is 0.878. The molecule has 0 aliphatic carbocycles. The number of amides is 1. The highest BCUT2D eigenvalue weighted by molar-refractivity contribution is 5.81. The maximum absolute atomic E-state index is 11.9. The van der Waals surface area contributed by atoms with Gasteiger partial charge in [0.2, 0.25) is 5.91 Å². The highest BCUT2D eigenvalue weighted by Gasteiger charge is 2.38. The molecule has 5 heteroatoms. The second-order valence-corrected chi connectivity index (χ2v) is 4.83. The van der Waals surface area contributed by atoms with Gasteiger partial charge in [0.15, 0.2) is 0 Å². The molecule has 3 unspecified atom stereocenters. The smallest absolute Gasteiger partial charge is 0.237 e. The average Bonchev–Trinajstić information content (AvgIpc) is 2.99. The summed E-state index contributed by atoms with van der Waals surface area (Å²) in [4.78, 5) is 14.1. The molecule has 1 saturated heterocycles. The van der Waals surface area contributed by atoms with Crippen LogP contribution in [0, 0.1) is 0 Å². The Bertz CT molecular complexity index is 389. The van der Waals surface area contributed by atoms with Crippen molar-refractivity contribution in [2.24, 2.45) is 5.73 Å². The van der Waals surface area contributed by atoms with Gasteiger partial charge < -0.3 is 15.5 Å². The molecule has 18 heavy (non-hydrogen) atoms. The van der Waals surface area contributed by atoms with Crippen LogP contribution in [0.15, 0.2) is 22.8 Å². The van der Waals surface area contributed by atoms with E-state index in [1.807, 2.05) is 19.1 Å². The first-order valence-corrected chi connectivity index (χ1v) is 6.41. The van der Waals surface area contributed by atoms with Crippen LogP contribution in [-0.2, 0) is 4.79 Å². The Balaban J connectivity index is 2.23. The van der Waals surface area contributed by atoms with Gasteiger partial charge in [0.05, 0.1) is 18.3 Å². The number of nitrogens with two attached hydrogens (primary N) is 1. The molecule has 5 nitrogen and oxygen atoms in total. The largest absolute Gasteiger partial charge is 0.468 e. The first kappa shape index (κ1) is 13.1. The van der Waals surface area contributed by atoms with Crippen LogP contribution < -0.4 is 11.1 Å². The minimum Gasteiger partial charge on any atom is -0.468 e. The van der Waals surface area contributed by atoms with Crippen molar-refractivity contribution in [3.05, 3.63) is 24.2 Å². The van der Waals surface area contributed by atoms with E-state index in [0.717, 1.165) is 25.1 Å². The van der Waals surface area contributed by atoms with Crippen LogP contribution in [-0.4, -0.2) is 36.5 Å². The molecule has 1 fully saturated rings. The predicted molar refractivity (Wildman–Crippen MR) is 68.9 cm³/mol. The van der Waals surface area contributed by atoms with Gasteiger partial charge in [0.1, 0.15) is 5.76 Å². The number of rotatable bonds is 4. The quantitative estimate of drug-likeness (QED) is 0.833. The second kappa shape index (κ2) is 5.54. The van der Waals surface area contributed by atoms with Gasteiger partial charge in [-0.25, -0.2) is 0 Å². The molecule has 1 aliphatic rings. The van der Waals surface area contributed by atoms with Gasteiger partial charge in [-0.1, -0.05) is 0 Å². The number of carbonyl (C=O) groups excluding carboxylic acids is 1. The summed E-state index contributed by atoms with van der Waals surface area (Å²) in [5.41, 5.74) is 6.08. The third kappa shape index (κ3) is 2.42. The van der Waals surface area contributed by atoms with E-state index < -0.39 is 0 Å². The third-order valence-electron chi connectivity index (χ3n) is 3.53. The zero-order valence-electron chi connectivity index (χ0n) is 10.9. The normalized spacial score (nSPS) is 23.8. The van der Waals surface area contributed by atoms with Gasteiger partial charge in [0, 0.05) is 13.1 Å². The summed E-state index contributed by atoms with van der Waals surface area (Å²) in [6.07, 6.45) is 3.54. The molecule has 1 aromatic heterocycles. The van der Waals surface area contributed by atoms with Gasteiger partial charge in [0.25, 0.3) is 0 Å². The third-order valence-corrected chi connectivity index (χ3v) is 3.53. The number of nitrogens with zero attached hydrogens (tertiary/aromatic N) is 1. The number of likely N-dealkylation sites (N-methyl/N-ethyl adjacent to an activating group) is 1. The minimum atomic E-state index is -0.101. The molecule has 0 saturated carbocycles. The summed E-state index contributed by atoms with van der Waals surface area (Å²) in [5.74, 6) is 0.894. The molecule has 0 spiro atoms. The maximum Gasteiger partial charge on any atom is 0.237 e. The number of hydrogen-bond donors (Lipinski definition) is 2. The minimum absolute atomic E-state index is 0.0372. The highest BCUT2D eigenvalue weighted by Crippen LogP contribution is 2.31. The molecule has 1 aromatic rings. The molecule has 100 valence electrons. The fourth-order valence-corrected chi connectivity index (χ4v) is 2.75. The van der Waals surface area contributed by atoms with Crippen LogP contribution in [0.25, 0.3) is 0 Å². The summed E-state index contributed by atoms with van der Waals surface area (Å²) >= 11 is 0. The Labute approximate surface area is 107 Å². The molecule has 2 rings (SSSR count). The summed E-state index contributed by atoms with van der Waals surface area (Å²) < 4.78 is 5.48. The van der Waals surface area contributed by atoms with E-state index in [1.165, 1.54) is 0 Å². The lowest BCUT2D eigenvalue weighted by Crippen LogP contribution is -2.47. The zero-order chi connectivity index (χ0) is 13.1. The summed E-state index contributed by atoms with van der Waals surface area (Å²) in [5, 5.41) is 2.72. The van der Waals surface area contributed by atoms with E-state index in [4.69, 9.17) is 10.2 Å². The Morgan fingerprint density at radius 3 is 3.00 bits per heavy atom. The molecule has 0 radical (unpaired) electrons. The van der Waals surface area contributed by atoms with Crippen LogP contribution in [0.5, 0.6) is 0 Å². The van der Waals surface area contributed by atoms with Crippen LogP contribution in [0.1, 0.15) is 31.6 Å². The average molecular weight is 251 g/mol. The lowest BCUT2D eigenvalue weighted by Gasteiger charge is -2.33. The Kier molecular flexibility index (Phi) is 4.04. The van der Waals surface area contributed by atoms with Crippen molar-refractivity contribution in [1.29, 1.82) is 0 Å². The molecule has 1 aliphatic heterocycles. The van der Waals surface area contributed by atoms with E-state index in [-0.39, 0.29) is 24.0 Å².